The molecule has 59 heavy (non-hydrogen) atoms. The molecule has 284 valence electrons. The fourth-order valence-corrected chi connectivity index (χ4v) is 9.15. The molecule has 0 aliphatic rings. The van der Waals surface area contributed by atoms with Gasteiger partial charge in [0.05, 0.1) is 0 Å². The number of nitrogens with zero attached hydrogens (tertiary/aromatic N) is 2. The van der Waals surface area contributed by atoms with Gasteiger partial charge in [0.1, 0.15) is 22.3 Å². The van der Waals surface area contributed by atoms with Crippen LogP contribution in [0.15, 0.2) is 173 Å². The summed E-state index contributed by atoms with van der Waals surface area (Å²) in [5.41, 5.74) is 16.2. The number of furan rings is 2. The van der Waals surface area contributed by atoms with E-state index in [-0.39, 0.29) is 0 Å². The summed E-state index contributed by atoms with van der Waals surface area (Å²) in [5, 5.41) is 9.07. The van der Waals surface area contributed by atoms with E-state index in [1.807, 2.05) is 0 Å². The maximum absolute atomic E-state index is 6.69. The zero-order valence-corrected chi connectivity index (χ0v) is 33.8. The van der Waals surface area contributed by atoms with Crippen LogP contribution in [-0.4, -0.2) is 0 Å². The highest BCUT2D eigenvalue weighted by molar-refractivity contribution is 6.21. The number of rotatable bonds is 6. The lowest BCUT2D eigenvalue weighted by Gasteiger charge is -2.26. The van der Waals surface area contributed by atoms with Gasteiger partial charge in [0.2, 0.25) is 0 Å². The van der Waals surface area contributed by atoms with Crippen molar-refractivity contribution in [2.45, 2.75) is 34.6 Å². The third-order valence-corrected chi connectivity index (χ3v) is 11.9. The summed E-state index contributed by atoms with van der Waals surface area (Å²) in [6.07, 6.45) is 0. The van der Waals surface area contributed by atoms with E-state index >= 15 is 0 Å². The number of anilines is 6. The van der Waals surface area contributed by atoms with Gasteiger partial charge in [-0.2, -0.15) is 0 Å². The summed E-state index contributed by atoms with van der Waals surface area (Å²) in [5.74, 6) is 0. The number of hydrogen-bond donors (Lipinski definition) is 0. The third kappa shape index (κ3) is 5.90. The Labute approximate surface area is 343 Å². The highest BCUT2D eigenvalue weighted by Gasteiger charge is 2.21. The summed E-state index contributed by atoms with van der Waals surface area (Å²) in [6, 6.07) is 59.3. The van der Waals surface area contributed by atoms with Gasteiger partial charge in [-0.3, -0.25) is 0 Å². The van der Waals surface area contributed by atoms with E-state index in [0.717, 1.165) is 94.3 Å². The molecule has 0 fully saturated rings. The summed E-state index contributed by atoms with van der Waals surface area (Å²) >= 11 is 0. The van der Waals surface area contributed by atoms with Gasteiger partial charge in [0.15, 0.2) is 0 Å². The smallest absolute Gasteiger partial charge is 0.139 e. The molecule has 0 spiro atoms. The fourth-order valence-electron chi connectivity index (χ4n) is 9.15. The Kier molecular flexibility index (Phi) is 7.92. The largest absolute Gasteiger partial charge is 0.456 e. The normalized spacial score (nSPS) is 11.8. The quantitative estimate of drug-likeness (QED) is 0.169. The molecule has 0 saturated carbocycles. The van der Waals surface area contributed by atoms with Crippen LogP contribution in [-0.2, 0) is 0 Å². The minimum Gasteiger partial charge on any atom is -0.456 e. The molecular formula is C55H42N2O2. The number of fused-ring (bicyclic) bond motifs is 8. The van der Waals surface area contributed by atoms with Gasteiger partial charge in [0, 0.05) is 61.7 Å². The Balaban J connectivity index is 1.03. The van der Waals surface area contributed by atoms with Crippen LogP contribution in [0, 0.1) is 34.6 Å². The van der Waals surface area contributed by atoms with Crippen LogP contribution in [0.2, 0.25) is 0 Å². The Bertz CT molecular complexity index is 3160. The topological polar surface area (TPSA) is 32.8 Å². The van der Waals surface area contributed by atoms with E-state index in [4.69, 9.17) is 8.83 Å². The van der Waals surface area contributed by atoms with Gasteiger partial charge in [-0.1, -0.05) is 60.7 Å². The maximum atomic E-state index is 6.69. The van der Waals surface area contributed by atoms with Crippen molar-refractivity contribution < 1.29 is 8.83 Å². The lowest BCUT2D eigenvalue weighted by molar-refractivity contribution is 0.656. The average molecular weight is 763 g/mol. The molecule has 0 N–H and O–H groups in total. The average Bonchev–Trinajstić information content (AvgIpc) is 3.76. The first-order chi connectivity index (χ1) is 28.7. The second-order valence-corrected chi connectivity index (χ2v) is 16.2. The highest BCUT2D eigenvalue weighted by atomic mass is 16.3. The maximum Gasteiger partial charge on any atom is 0.139 e. The summed E-state index contributed by atoms with van der Waals surface area (Å²) < 4.78 is 13.4. The van der Waals surface area contributed by atoms with E-state index < -0.39 is 0 Å². The molecule has 0 amide bonds. The molecule has 0 atom stereocenters. The predicted octanol–water partition coefficient (Wildman–Crippen LogP) is 16.3. The minimum absolute atomic E-state index is 0.833. The molecule has 4 heteroatoms. The molecule has 4 nitrogen and oxygen atoms in total. The SMILES string of the molecule is Cc1cccc(N(c2cccc(C)c2)c2ccc3cc4c(cc3c2)oc2cc3oc5cc6cc(N(c7cccc(C)c7)c7cccc(C)c7)ccc6cc5c3c(C)c24)c1. The lowest BCUT2D eigenvalue weighted by atomic mass is 9.98. The summed E-state index contributed by atoms with van der Waals surface area (Å²) in [4.78, 5) is 4.67. The van der Waals surface area contributed by atoms with E-state index in [1.54, 1.807) is 0 Å². The molecule has 0 unspecified atom stereocenters. The van der Waals surface area contributed by atoms with Crippen molar-refractivity contribution in [1.29, 1.82) is 0 Å². The van der Waals surface area contributed by atoms with Crippen molar-refractivity contribution in [2.75, 3.05) is 9.80 Å². The van der Waals surface area contributed by atoms with E-state index in [1.165, 1.54) is 33.0 Å². The van der Waals surface area contributed by atoms with Crippen molar-refractivity contribution in [3.8, 4) is 0 Å². The van der Waals surface area contributed by atoms with Gasteiger partial charge >= 0.3 is 0 Å². The molecule has 0 saturated heterocycles. The van der Waals surface area contributed by atoms with Crippen LogP contribution >= 0.6 is 0 Å². The van der Waals surface area contributed by atoms with Crippen molar-refractivity contribution in [3.05, 3.63) is 192 Å². The summed E-state index contributed by atoms with van der Waals surface area (Å²) in [7, 11) is 0. The van der Waals surface area contributed by atoms with E-state index in [0.29, 0.717) is 0 Å². The first-order valence-corrected chi connectivity index (χ1v) is 20.3. The van der Waals surface area contributed by atoms with Crippen LogP contribution in [0.25, 0.3) is 65.4 Å². The molecule has 0 aliphatic heterocycles. The van der Waals surface area contributed by atoms with Crippen LogP contribution < -0.4 is 9.80 Å². The predicted molar refractivity (Wildman–Crippen MR) is 249 cm³/mol. The molecule has 0 aliphatic carbocycles. The third-order valence-electron chi connectivity index (χ3n) is 11.9. The van der Waals surface area contributed by atoms with Gasteiger partial charge < -0.3 is 18.6 Å². The van der Waals surface area contributed by atoms with Gasteiger partial charge in [-0.25, -0.2) is 0 Å². The molecule has 0 radical (unpaired) electrons. The highest BCUT2D eigenvalue weighted by Crippen LogP contribution is 2.44. The molecule has 2 heterocycles. The number of hydrogen-bond acceptors (Lipinski definition) is 4. The van der Waals surface area contributed by atoms with Gasteiger partial charge in [0.25, 0.3) is 0 Å². The second-order valence-electron chi connectivity index (χ2n) is 16.2. The standard InChI is InChI=1S/C55H42N2O2/c1-33-10-6-14-42(22-33)56(43-15-7-11-34(2)23-43)46-20-18-38-28-48-50(30-40(38)26-46)58-52-32-53-55(37(5)54(48)52)49-29-39-19-21-47(27-41(39)31-51(49)59-53)57(44-16-8-12-35(3)24-44)45-17-9-13-36(4)25-45/h6-32H,1-5H3. The van der Waals surface area contributed by atoms with Crippen molar-refractivity contribution in [1.82, 2.24) is 0 Å². The van der Waals surface area contributed by atoms with Crippen molar-refractivity contribution in [2.24, 2.45) is 0 Å². The van der Waals surface area contributed by atoms with Gasteiger partial charge in [-0.05, 0) is 181 Å². The Morgan fingerprint density at radius 3 is 1.02 bits per heavy atom. The van der Waals surface area contributed by atoms with Crippen molar-refractivity contribution in [3.63, 3.8) is 0 Å². The molecule has 11 aromatic rings. The van der Waals surface area contributed by atoms with Crippen molar-refractivity contribution >= 4 is 99.5 Å². The van der Waals surface area contributed by atoms with E-state index in [9.17, 15) is 0 Å². The van der Waals surface area contributed by atoms with Crippen LogP contribution in [0.4, 0.5) is 34.1 Å². The first kappa shape index (κ1) is 34.9. The van der Waals surface area contributed by atoms with E-state index in [2.05, 4.69) is 208 Å². The lowest BCUT2D eigenvalue weighted by Crippen LogP contribution is -2.10. The molecule has 9 aromatic carbocycles. The minimum atomic E-state index is 0.833. The van der Waals surface area contributed by atoms with Crippen LogP contribution in [0.3, 0.4) is 0 Å². The molecule has 11 rings (SSSR count). The molecular weight excluding hydrogens is 721 g/mol. The monoisotopic (exact) mass is 762 g/mol. The zero-order valence-electron chi connectivity index (χ0n) is 33.8. The summed E-state index contributed by atoms with van der Waals surface area (Å²) in [6.45, 7) is 10.8. The molecule has 0 bridgehead atoms. The second kappa shape index (κ2) is 13.4. The van der Waals surface area contributed by atoms with Gasteiger partial charge in [-0.15, -0.1) is 0 Å². The Morgan fingerprint density at radius 1 is 0.305 bits per heavy atom. The van der Waals surface area contributed by atoms with Crippen LogP contribution in [0.5, 0.6) is 0 Å². The molecule has 2 aromatic heterocycles. The number of aryl methyl sites for hydroxylation is 5. The number of benzene rings is 9. The Hall–Kier alpha value is -7.30. The van der Waals surface area contributed by atoms with Crippen LogP contribution in [0.1, 0.15) is 27.8 Å². The fraction of sp³-hybridized carbons (Fsp3) is 0.0909. The Morgan fingerprint density at radius 2 is 0.661 bits per heavy atom. The first-order valence-electron chi connectivity index (χ1n) is 20.3. The zero-order chi connectivity index (χ0) is 39.9.